The van der Waals surface area contributed by atoms with Gasteiger partial charge >= 0.3 is 0 Å². The average Bonchev–Trinajstić information content (AvgIpc) is 1.85. The maximum Gasteiger partial charge on any atom is 0.0979 e. The smallest absolute Gasteiger partial charge is 0.0979 e. The third kappa shape index (κ3) is 0.968. The highest BCUT2D eigenvalue weighted by atomic mass is 79.9. The van der Waals surface area contributed by atoms with Crippen molar-refractivity contribution in [3.05, 3.63) is 10.8 Å². The number of hydrogen-bond donors (Lipinski definition) is 0. The van der Waals surface area contributed by atoms with E-state index in [1.54, 1.807) is 0 Å². The van der Waals surface area contributed by atoms with Gasteiger partial charge in [-0.3, -0.25) is 0 Å². The van der Waals surface area contributed by atoms with Crippen LogP contribution in [0.3, 0.4) is 0 Å². The fraction of sp³-hybridized carbons (Fsp3) is 0.600. The maximum absolute atomic E-state index is 3.39. The van der Waals surface area contributed by atoms with Crippen LogP contribution >= 0.6 is 15.9 Å². The predicted molar refractivity (Wildman–Crippen MR) is 37.4 cm³/mol. The molecule has 1 aliphatic heterocycles. The molecule has 2 nitrogen and oxygen atoms in total. The van der Waals surface area contributed by atoms with Crippen molar-refractivity contribution in [2.24, 2.45) is 0 Å². The van der Waals surface area contributed by atoms with E-state index >= 15 is 0 Å². The van der Waals surface area contributed by atoms with Crippen LogP contribution in [-0.4, -0.2) is 30.6 Å². The van der Waals surface area contributed by atoms with E-state index < -0.39 is 0 Å². The summed E-state index contributed by atoms with van der Waals surface area (Å²) >= 11 is 3.39. The van der Waals surface area contributed by atoms with Gasteiger partial charge in [-0.25, -0.2) is 0 Å². The minimum Gasteiger partial charge on any atom is -0.361 e. The molecule has 0 bridgehead atoms. The van der Waals surface area contributed by atoms with Gasteiger partial charge < -0.3 is 9.80 Å². The molecular weight excluding hydrogens is 168 g/mol. The molecule has 0 aromatic heterocycles. The quantitative estimate of drug-likeness (QED) is 0.509. The van der Waals surface area contributed by atoms with E-state index in [1.165, 1.54) is 0 Å². The molecule has 0 N–H and O–H groups in total. The first-order valence-corrected chi connectivity index (χ1v) is 3.28. The van der Waals surface area contributed by atoms with Crippen molar-refractivity contribution in [3.8, 4) is 0 Å². The molecule has 3 heteroatoms. The highest BCUT2D eigenvalue weighted by Gasteiger charge is 2.09. The Labute approximate surface area is 57.9 Å². The van der Waals surface area contributed by atoms with Crippen LogP contribution in [0.4, 0.5) is 0 Å². The van der Waals surface area contributed by atoms with Crippen molar-refractivity contribution in [2.75, 3.05) is 20.8 Å². The van der Waals surface area contributed by atoms with E-state index in [0.29, 0.717) is 0 Å². The van der Waals surface area contributed by atoms with Gasteiger partial charge in [0.15, 0.2) is 0 Å². The Morgan fingerprint density at radius 2 is 2.25 bits per heavy atom. The lowest BCUT2D eigenvalue weighted by atomic mass is 10.9. The van der Waals surface area contributed by atoms with Crippen molar-refractivity contribution >= 4 is 15.9 Å². The summed E-state index contributed by atoms with van der Waals surface area (Å²) in [6.07, 6.45) is 2.06. The van der Waals surface area contributed by atoms with Gasteiger partial charge in [0.25, 0.3) is 0 Å². The van der Waals surface area contributed by atoms with Crippen LogP contribution in [0.25, 0.3) is 0 Å². The monoisotopic (exact) mass is 176 g/mol. The molecule has 0 spiro atoms. The molecule has 46 valence electrons. The van der Waals surface area contributed by atoms with Crippen molar-refractivity contribution in [1.82, 2.24) is 9.80 Å². The summed E-state index contributed by atoms with van der Waals surface area (Å²) in [5.41, 5.74) is 0. The molecule has 0 atom stereocenters. The number of hydrogen-bond acceptors (Lipinski definition) is 2. The fourth-order valence-electron chi connectivity index (χ4n) is 0.723. The van der Waals surface area contributed by atoms with Gasteiger partial charge in [-0.15, -0.1) is 0 Å². The van der Waals surface area contributed by atoms with Crippen LogP contribution in [0.1, 0.15) is 0 Å². The first-order chi connectivity index (χ1) is 3.70. The molecule has 0 saturated heterocycles. The SMILES string of the molecule is CN1C=C(Br)N(C)C1. The summed E-state index contributed by atoms with van der Waals surface area (Å²) in [5.74, 6) is 0. The predicted octanol–water partition coefficient (Wildman–Crippen LogP) is 1.01. The van der Waals surface area contributed by atoms with Crippen molar-refractivity contribution in [1.29, 1.82) is 0 Å². The Morgan fingerprint density at radius 3 is 2.38 bits per heavy atom. The topological polar surface area (TPSA) is 6.48 Å². The van der Waals surface area contributed by atoms with Crippen LogP contribution in [0.5, 0.6) is 0 Å². The molecule has 0 amide bonds. The van der Waals surface area contributed by atoms with Crippen LogP contribution in [0.2, 0.25) is 0 Å². The Balaban J connectivity index is 2.59. The van der Waals surface area contributed by atoms with Gasteiger partial charge in [-0.1, -0.05) is 0 Å². The summed E-state index contributed by atoms with van der Waals surface area (Å²) < 4.78 is 1.15. The van der Waals surface area contributed by atoms with E-state index in [9.17, 15) is 0 Å². The van der Waals surface area contributed by atoms with Crippen LogP contribution in [0, 0.1) is 0 Å². The van der Waals surface area contributed by atoms with Crippen LogP contribution in [0.15, 0.2) is 10.8 Å². The number of halogens is 1. The molecule has 0 unspecified atom stereocenters. The van der Waals surface area contributed by atoms with Crippen molar-refractivity contribution in [2.45, 2.75) is 0 Å². The highest BCUT2D eigenvalue weighted by Crippen LogP contribution is 2.16. The Morgan fingerprint density at radius 1 is 1.62 bits per heavy atom. The number of nitrogens with zero attached hydrogens (tertiary/aromatic N) is 2. The highest BCUT2D eigenvalue weighted by molar-refractivity contribution is 9.11. The number of rotatable bonds is 0. The first-order valence-electron chi connectivity index (χ1n) is 2.49. The van der Waals surface area contributed by atoms with Crippen LogP contribution in [-0.2, 0) is 0 Å². The zero-order chi connectivity index (χ0) is 6.15. The second-order valence-electron chi connectivity index (χ2n) is 2.05. The maximum atomic E-state index is 3.39. The molecular formula is C5H9BrN2. The van der Waals surface area contributed by atoms with E-state index in [1.807, 2.05) is 14.1 Å². The van der Waals surface area contributed by atoms with Gasteiger partial charge in [0.1, 0.15) is 0 Å². The van der Waals surface area contributed by atoms with E-state index in [2.05, 4.69) is 31.9 Å². The normalized spacial score (nSPS) is 19.6. The van der Waals surface area contributed by atoms with Crippen LogP contribution < -0.4 is 0 Å². The Kier molecular flexibility index (Phi) is 1.47. The molecule has 0 aromatic carbocycles. The molecule has 0 saturated carbocycles. The van der Waals surface area contributed by atoms with E-state index in [4.69, 9.17) is 0 Å². The van der Waals surface area contributed by atoms with Gasteiger partial charge in [0.05, 0.1) is 11.3 Å². The molecule has 0 aromatic rings. The molecule has 1 heterocycles. The zero-order valence-corrected chi connectivity index (χ0v) is 6.64. The molecule has 8 heavy (non-hydrogen) atoms. The molecule has 1 aliphatic rings. The van der Waals surface area contributed by atoms with Crippen molar-refractivity contribution in [3.63, 3.8) is 0 Å². The van der Waals surface area contributed by atoms with E-state index in [-0.39, 0.29) is 0 Å². The first kappa shape index (κ1) is 5.95. The summed E-state index contributed by atoms with van der Waals surface area (Å²) in [4.78, 5) is 4.24. The lowest BCUT2D eigenvalue weighted by Crippen LogP contribution is -2.18. The van der Waals surface area contributed by atoms with Gasteiger partial charge in [0.2, 0.25) is 0 Å². The summed E-state index contributed by atoms with van der Waals surface area (Å²) in [7, 11) is 4.09. The minimum absolute atomic E-state index is 0.987. The Bertz CT molecular complexity index is 122. The third-order valence-electron chi connectivity index (χ3n) is 1.13. The van der Waals surface area contributed by atoms with Gasteiger partial charge in [-0.05, 0) is 15.9 Å². The minimum atomic E-state index is 0.987. The molecule has 0 radical (unpaired) electrons. The third-order valence-corrected chi connectivity index (χ3v) is 1.94. The van der Waals surface area contributed by atoms with Gasteiger partial charge in [0, 0.05) is 20.3 Å². The largest absolute Gasteiger partial charge is 0.361 e. The standard InChI is InChI=1S/C5H9BrN2/c1-7-3-5(6)8(2)4-7/h3H,4H2,1-2H3. The molecule has 0 fully saturated rings. The van der Waals surface area contributed by atoms with E-state index in [0.717, 1.165) is 11.3 Å². The summed E-state index contributed by atoms with van der Waals surface area (Å²) in [6.45, 7) is 0.987. The lowest BCUT2D eigenvalue weighted by molar-refractivity contribution is 0.337. The molecule has 1 rings (SSSR count). The summed E-state index contributed by atoms with van der Waals surface area (Å²) in [5, 5.41) is 0. The molecule has 0 aliphatic carbocycles. The lowest BCUT2D eigenvalue weighted by Gasteiger charge is -2.12. The second-order valence-corrected chi connectivity index (χ2v) is 2.86. The zero-order valence-electron chi connectivity index (χ0n) is 5.06. The van der Waals surface area contributed by atoms with Gasteiger partial charge in [-0.2, -0.15) is 0 Å². The Hall–Kier alpha value is -0.180. The second kappa shape index (κ2) is 1.97. The average molecular weight is 177 g/mol. The fourth-order valence-corrected chi connectivity index (χ4v) is 1.19. The van der Waals surface area contributed by atoms with Crippen molar-refractivity contribution < 1.29 is 0 Å². The summed E-state index contributed by atoms with van der Waals surface area (Å²) in [6, 6.07) is 0.